The average molecular weight is 213 g/mol. The molecule has 0 spiro atoms. The van der Waals surface area contributed by atoms with Crippen LogP contribution in [-0.2, 0) is 9.59 Å². The summed E-state index contributed by atoms with van der Waals surface area (Å²) in [6.07, 6.45) is 5.85. The van der Waals surface area contributed by atoms with Crippen LogP contribution in [0.3, 0.4) is 0 Å². The van der Waals surface area contributed by atoms with Crippen molar-refractivity contribution < 1.29 is 19.8 Å². The minimum absolute atomic E-state index is 0.261. The van der Waals surface area contributed by atoms with Crippen molar-refractivity contribution in [1.29, 1.82) is 0 Å². The summed E-state index contributed by atoms with van der Waals surface area (Å²) >= 11 is 0. The zero-order valence-corrected chi connectivity index (χ0v) is 8.40. The van der Waals surface area contributed by atoms with E-state index in [0.717, 1.165) is 6.42 Å². The summed E-state index contributed by atoms with van der Waals surface area (Å²) in [6, 6.07) is 0. The number of aliphatic hydroxyl groups excluding tert-OH is 1. The Bertz CT molecular complexity index is 257. The summed E-state index contributed by atoms with van der Waals surface area (Å²) in [5.74, 6) is 0.841. The number of hydrogen-bond acceptors (Lipinski definition) is 3. The van der Waals surface area contributed by atoms with Gasteiger partial charge in [-0.25, -0.2) is 4.79 Å². The number of carboxylic acid groups (broad SMARTS) is 1. The fourth-order valence-corrected chi connectivity index (χ4v) is 0.899. The first kappa shape index (κ1) is 13.5. The highest BCUT2D eigenvalue weighted by molar-refractivity contribution is 5.77. The molecule has 0 aromatic carbocycles. The molecule has 0 saturated heterocycles. The molecule has 15 heavy (non-hydrogen) atoms. The maximum absolute atomic E-state index is 11.1. The Morgan fingerprint density at radius 1 is 1.40 bits per heavy atom. The molecule has 1 atom stereocenters. The predicted octanol–water partition coefficient (Wildman–Crippen LogP) is -0.258. The summed E-state index contributed by atoms with van der Waals surface area (Å²) in [5.41, 5.74) is 0. The topological polar surface area (TPSA) is 86.6 Å². The van der Waals surface area contributed by atoms with Gasteiger partial charge in [-0.05, 0) is 12.8 Å². The molecule has 0 radical (unpaired) electrons. The highest BCUT2D eigenvalue weighted by atomic mass is 16.4. The van der Waals surface area contributed by atoms with Crippen molar-refractivity contribution in [1.82, 2.24) is 5.32 Å². The number of carboxylic acids is 1. The standard InChI is InChI=1S/C10H15NO4/c1-2-3-4-5-6-9(13)11-7-8(12)10(14)15/h1,8,12H,3-7H2,(H,11,13)(H,14,15). The van der Waals surface area contributed by atoms with Gasteiger partial charge in [0.05, 0.1) is 6.54 Å². The van der Waals surface area contributed by atoms with Crippen LogP contribution in [0.1, 0.15) is 25.7 Å². The Balaban J connectivity index is 3.50. The molecule has 1 amide bonds. The van der Waals surface area contributed by atoms with E-state index in [4.69, 9.17) is 16.6 Å². The minimum atomic E-state index is -1.54. The normalized spacial score (nSPS) is 11.5. The Morgan fingerprint density at radius 2 is 2.07 bits per heavy atom. The van der Waals surface area contributed by atoms with Crippen LogP contribution in [0.25, 0.3) is 0 Å². The van der Waals surface area contributed by atoms with E-state index in [1.54, 1.807) is 0 Å². The van der Waals surface area contributed by atoms with Gasteiger partial charge in [-0.1, -0.05) is 0 Å². The first-order valence-corrected chi connectivity index (χ1v) is 4.69. The van der Waals surface area contributed by atoms with Crippen LogP contribution in [0.15, 0.2) is 0 Å². The molecule has 0 aliphatic rings. The number of hydrogen-bond donors (Lipinski definition) is 3. The van der Waals surface area contributed by atoms with Gasteiger partial charge in [0, 0.05) is 12.8 Å². The first-order valence-electron chi connectivity index (χ1n) is 4.69. The molecule has 0 aliphatic heterocycles. The van der Waals surface area contributed by atoms with Gasteiger partial charge in [-0.15, -0.1) is 12.3 Å². The molecule has 0 bridgehead atoms. The number of terminal acetylenes is 1. The molecular formula is C10H15NO4. The number of unbranched alkanes of at least 4 members (excludes halogenated alkanes) is 2. The number of aliphatic hydroxyl groups is 1. The Kier molecular flexibility index (Phi) is 7.02. The average Bonchev–Trinajstić information content (AvgIpc) is 2.20. The number of amides is 1. The summed E-state index contributed by atoms with van der Waals surface area (Å²) in [4.78, 5) is 21.3. The number of nitrogens with one attached hydrogen (secondary N) is 1. The second-order valence-electron chi connectivity index (χ2n) is 3.07. The molecule has 0 saturated carbocycles. The summed E-state index contributed by atoms with van der Waals surface area (Å²) in [6.45, 7) is -0.261. The maximum Gasteiger partial charge on any atom is 0.334 e. The van der Waals surface area contributed by atoms with E-state index < -0.39 is 12.1 Å². The van der Waals surface area contributed by atoms with E-state index in [0.29, 0.717) is 19.3 Å². The van der Waals surface area contributed by atoms with Crippen LogP contribution in [0, 0.1) is 12.3 Å². The second kappa shape index (κ2) is 7.83. The first-order chi connectivity index (χ1) is 7.07. The van der Waals surface area contributed by atoms with E-state index in [9.17, 15) is 9.59 Å². The van der Waals surface area contributed by atoms with Gasteiger partial charge < -0.3 is 15.5 Å². The number of carbonyl (C=O) groups excluding carboxylic acids is 1. The van der Waals surface area contributed by atoms with Gasteiger partial charge in [0.25, 0.3) is 0 Å². The van der Waals surface area contributed by atoms with Crippen molar-refractivity contribution in [2.75, 3.05) is 6.54 Å². The van der Waals surface area contributed by atoms with Crippen molar-refractivity contribution >= 4 is 11.9 Å². The van der Waals surface area contributed by atoms with E-state index in [1.807, 2.05) is 0 Å². The lowest BCUT2D eigenvalue weighted by Gasteiger charge is -2.07. The van der Waals surface area contributed by atoms with Crippen molar-refractivity contribution in [2.24, 2.45) is 0 Å². The fraction of sp³-hybridized carbons (Fsp3) is 0.600. The molecular weight excluding hydrogens is 198 g/mol. The highest BCUT2D eigenvalue weighted by Gasteiger charge is 2.13. The maximum atomic E-state index is 11.1. The zero-order chi connectivity index (χ0) is 11.7. The van der Waals surface area contributed by atoms with Crippen LogP contribution in [0.4, 0.5) is 0 Å². The van der Waals surface area contributed by atoms with E-state index in [1.165, 1.54) is 0 Å². The van der Waals surface area contributed by atoms with Crippen LogP contribution < -0.4 is 5.32 Å². The highest BCUT2D eigenvalue weighted by Crippen LogP contribution is 1.98. The zero-order valence-electron chi connectivity index (χ0n) is 8.40. The van der Waals surface area contributed by atoms with Crippen LogP contribution in [0.5, 0.6) is 0 Å². The number of rotatable bonds is 7. The molecule has 0 aliphatic carbocycles. The molecule has 3 N–H and O–H groups in total. The molecule has 0 fully saturated rings. The summed E-state index contributed by atoms with van der Waals surface area (Å²) in [5, 5.41) is 19.5. The third kappa shape index (κ3) is 7.52. The Morgan fingerprint density at radius 3 is 2.60 bits per heavy atom. The lowest BCUT2D eigenvalue weighted by Crippen LogP contribution is -2.36. The van der Waals surface area contributed by atoms with E-state index in [2.05, 4.69) is 11.2 Å². The molecule has 5 heteroatoms. The molecule has 84 valence electrons. The number of aliphatic carboxylic acids is 1. The van der Waals surface area contributed by atoms with Crippen LogP contribution >= 0.6 is 0 Å². The van der Waals surface area contributed by atoms with Crippen molar-refractivity contribution in [2.45, 2.75) is 31.8 Å². The molecule has 0 rings (SSSR count). The molecule has 0 aromatic heterocycles. The van der Waals surface area contributed by atoms with Gasteiger partial charge >= 0.3 is 5.97 Å². The van der Waals surface area contributed by atoms with Gasteiger partial charge in [-0.2, -0.15) is 0 Å². The lowest BCUT2D eigenvalue weighted by atomic mass is 10.2. The van der Waals surface area contributed by atoms with Gasteiger partial charge in [0.1, 0.15) is 0 Å². The Hall–Kier alpha value is -1.54. The van der Waals surface area contributed by atoms with Gasteiger partial charge in [0.2, 0.25) is 5.91 Å². The molecule has 0 heterocycles. The predicted molar refractivity (Wildman–Crippen MR) is 54.0 cm³/mol. The van der Waals surface area contributed by atoms with Crippen molar-refractivity contribution in [3.8, 4) is 12.3 Å². The fourth-order valence-electron chi connectivity index (χ4n) is 0.899. The third-order valence-corrected chi connectivity index (χ3v) is 1.75. The van der Waals surface area contributed by atoms with Crippen molar-refractivity contribution in [3.05, 3.63) is 0 Å². The number of carbonyl (C=O) groups is 2. The lowest BCUT2D eigenvalue weighted by molar-refractivity contribution is -0.146. The molecule has 0 aromatic rings. The van der Waals surface area contributed by atoms with Crippen molar-refractivity contribution in [3.63, 3.8) is 0 Å². The quantitative estimate of drug-likeness (QED) is 0.402. The Labute approximate surface area is 88.5 Å². The SMILES string of the molecule is C#CCCCCC(=O)NCC(O)C(=O)O. The van der Waals surface area contributed by atoms with Crippen LogP contribution in [0.2, 0.25) is 0 Å². The monoisotopic (exact) mass is 213 g/mol. The second-order valence-corrected chi connectivity index (χ2v) is 3.07. The summed E-state index contributed by atoms with van der Waals surface area (Å²) < 4.78 is 0. The molecule has 5 nitrogen and oxygen atoms in total. The molecule has 1 unspecified atom stereocenters. The van der Waals surface area contributed by atoms with Gasteiger partial charge in [-0.3, -0.25) is 4.79 Å². The van der Waals surface area contributed by atoms with Crippen LogP contribution in [-0.4, -0.2) is 34.7 Å². The third-order valence-electron chi connectivity index (χ3n) is 1.75. The van der Waals surface area contributed by atoms with E-state index in [-0.39, 0.29) is 12.5 Å². The largest absolute Gasteiger partial charge is 0.479 e. The van der Waals surface area contributed by atoms with Gasteiger partial charge in [0.15, 0.2) is 6.10 Å². The smallest absolute Gasteiger partial charge is 0.334 e. The summed E-state index contributed by atoms with van der Waals surface area (Å²) in [7, 11) is 0. The minimum Gasteiger partial charge on any atom is -0.479 e. The van der Waals surface area contributed by atoms with E-state index >= 15 is 0 Å².